The van der Waals surface area contributed by atoms with Gasteiger partial charge in [-0.15, -0.1) is 0 Å². The zero-order valence-electron chi connectivity index (χ0n) is 12.0. The molecule has 0 aromatic rings. The topological polar surface area (TPSA) is 64.6 Å². The molecule has 1 N–H and O–H groups in total. The second kappa shape index (κ2) is 8.08. The van der Waals surface area contributed by atoms with E-state index < -0.39 is 5.60 Å². The van der Waals surface area contributed by atoms with Crippen molar-refractivity contribution in [2.24, 2.45) is 0 Å². The summed E-state index contributed by atoms with van der Waals surface area (Å²) in [4.78, 5) is 22.7. The Bertz CT molecular complexity index is 269. The monoisotopic (exact) mass is 259 g/mol. The van der Waals surface area contributed by atoms with Gasteiger partial charge in [0.15, 0.2) is 0 Å². The van der Waals surface area contributed by atoms with Gasteiger partial charge in [0.1, 0.15) is 5.60 Å². The normalized spacial score (nSPS) is 11.4. The lowest BCUT2D eigenvalue weighted by atomic mass is 10.2. The van der Waals surface area contributed by atoms with Crippen LogP contribution in [0.5, 0.6) is 0 Å². The van der Waals surface area contributed by atoms with Crippen molar-refractivity contribution in [3.05, 3.63) is 0 Å². The third kappa shape index (κ3) is 11.4. The third-order valence-electron chi connectivity index (χ3n) is 1.85. The number of amides is 1. The summed E-state index contributed by atoms with van der Waals surface area (Å²) in [6.07, 6.45) is 0.411. The van der Waals surface area contributed by atoms with E-state index in [1.807, 2.05) is 13.8 Å². The summed E-state index contributed by atoms with van der Waals surface area (Å²) in [5.41, 5.74) is -0.501. The van der Waals surface area contributed by atoms with Crippen LogP contribution in [0.25, 0.3) is 0 Å². The molecule has 1 amide bonds. The molecular weight excluding hydrogens is 234 g/mol. The summed E-state index contributed by atoms with van der Waals surface area (Å²) in [6.45, 7) is 10.2. The Kier molecular flexibility index (Phi) is 7.59. The highest BCUT2D eigenvalue weighted by Gasteiger charge is 2.16. The molecule has 0 bridgehead atoms. The van der Waals surface area contributed by atoms with Crippen molar-refractivity contribution >= 4 is 11.9 Å². The highest BCUT2D eigenvalue weighted by Crippen LogP contribution is 2.08. The number of hydrogen-bond donors (Lipinski definition) is 1. The maximum absolute atomic E-state index is 11.4. The molecule has 0 fully saturated rings. The second-order valence-electron chi connectivity index (χ2n) is 5.36. The maximum Gasteiger partial charge on any atom is 0.306 e. The van der Waals surface area contributed by atoms with Crippen LogP contribution in [0.2, 0.25) is 0 Å². The SMILES string of the molecule is CC(C)OCCNC(=O)CCC(=O)OC(C)(C)C. The Balaban J connectivity index is 3.62. The van der Waals surface area contributed by atoms with Crippen molar-refractivity contribution in [2.45, 2.75) is 59.2 Å². The van der Waals surface area contributed by atoms with Gasteiger partial charge >= 0.3 is 5.97 Å². The summed E-state index contributed by atoms with van der Waals surface area (Å²) < 4.78 is 10.4. The first-order valence-electron chi connectivity index (χ1n) is 6.31. The quantitative estimate of drug-likeness (QED) is 0.557. The molecule has 0 radical (unpaired) electrons. The molecule has 0 atom stereocenters. The molecule has 0 aliphatic carbocycles. The average Bonchev–Trinajstić information content (AvgIpc) is 2.19. The van der Waals surface area contributed by atoms with E-state index >= 15 is 0 Å². The summed E-state index contributed by atoms with van der Waals surface area (Å²) in [7, 11) is 0. The van der Waals surface area contributed by atoms with Gasteiger partial charge in [-0.05, 0) is 34.6 Å². The van der Waals surface area contributed by atoms with Gasteiger partial charge in [0.05, 0.1) is 19.1 Å². The van der Waals surface area contributed by atoms with Gasteiger partial charge in [-0.25, -0.2) is 0 Å². The van der Waals surface area contributed by atoms with E-state index in [9.17, 15) is 9.59 Å². The highest BCUT2D eigenvalue weighted by molar-refractivity contribution is 5.81. The van der Waals surface area contributed by atoms with Gasteiger partial charge in [0.25, 0.3) is 0 Å². The second-order valence-corrected chi connectivity index (χ2v) is 5.36. The van der Waals surface area contributed by atoms with Crippen LogP contribution >= 0.6 is 0 Å². The van der Waals surface area contributed by atoms with Gasteiger partial charge in [-0.1, -0.05) is 0 Å². The minimum Gasteiger partial charge on any atom is -0.460 e. The number of carbonyl (C=O) groups excluding carboxylic acids is 2. The first-order chi connectivity index (χ1) is 8.20. The number of carbonyl (C=O) groups is 2. The molecule has 0 aliphatic rings. The van der Waals surface area contributed by atoms with Crippen molar-refractivity contribution in [3.8, 4) is 0 Å². The summed E-state index contributed by atoms with van der Waals surface area (Å²) >= 11 is 0. The molecular formula is C13H25NO4. The number of esters is 1. The molecule has 18 heavy (non-hydrogen) atoms. The lowest BCUT2D eigenvalue weighted by Crippen LogP contribution is -2.29. The van der Waals surface area contributed by atoms with Crippen LogP contribution in [0.4, 0.5) is 0 Å². The predicted molar refractivity (Wildman–Crippen MR) is 69.2 cm³/mol. The van der Waals surface area contributed by atoms with Crippen molar-refractivity contribution in [2.75, 3.05) is 13.2 Å². The molecule has 0 heterocycles. The molecule has 0 aromatic heterocycles. The summed E-state index contributed by atoms with van der Waals surface area (Å²) in [5.74, 6) is -0.510. The van der Waals surface area contributed by atoms with Crippen LogP contribution in [0, 0.1) is 0 Å². The molecule has 0 saturated carbocycles. The Hall–Kier alpha value is -1.10. The Morgan fingerprint density at radius 1 is 1.17 bits per heavy atom. The average molecular weight is 259 g/mol. The first kappa shape index (κ1) is 16.9. The van der Waals surface area contributed by atoms with Crippen molar-refractivity contribution in [1.29, 1.82) is 0 Å². The van der Waals surface area contributed by atoms with Gasteiger partial charge in [-0.2, -0.15) is 0 Å². The lowest BCUT2D eigenvalue weighted by Gasteiger charge is -2.19. The molecule has 0 spiro atoms. The van der Waals surface area contributed by atoms with Crippen molar-refractivity contribution in [3.63, 3.8) is 0 Å². The molecule has 0 rings (SSSR count). The van der Waals surface area contributed by atoms with Gasteiger partial charge in [0, 0.05) is 13.0 Å². The van der Waals surface area contributed by atoms with E-state index in [0.29, 0.717) is 13.2 Å². The van der Waals surface area contributed by atoms with Gasteiger partial charge in [0.2, 0.25) is 5.91 Å². The molecule has 5 nitrogen and oxygen atoms in total. The van der Waals surface area contributed by atoms with Crippen LogP contribution in [-0.2, 0) is 19.1 Å². The Morgan fingerprint density at radius 2 is 1.78 bits per heavy atom. The van der Waals surface area contributed by atoms with Crippen LogP contribution in [0.1, 0.15) is 47.5 Å². The summed E-state index contributed by atoms with van der Waals surface area (Å²) in [6, 6.07) is 0. The first-order valence-corrected chi connectivity index (χ1v) is 6.31. The number of rotatable bonds is 7. The fourth-order valence-corrected chi connectivity index (χ4v) is 1.18. The van der Waals surface area contributed by atoms with E-state index in [2.05, 4.69) is 5.32 Å². The zero-order chi connectivity index (χ0) is 14.2. The zero-order valence-corrected chi connectivity index (χ0v) is 12.0. The van der Waals surface area contributed by atoms with Crippen molar-refractivity contribution < 1.29 is 19.1 Å². The molecule has 0 aliphatic heterocycles. The Labute approximate surface area is 109 Å². The largest absolute Gasteiger partial charge is 0.460 e. The fraction of sp³-hybridized carbons (Fsp3) is 0.846. The predicted octanol–water partition coefficient (Wildman–Crippen LogP) is 1.65. The highest BCUT2D eigenvalue weighted by atomic mass is 16.6. The molecule has 5 heteroatoms. The van der Waals surface area contributed by atoms with E-state index in [1.165, 1.54) is 0 Å². The smallest absolute Gasteiger partial charge is 0.306 e. The fourth-order valence-electron chi connectivity index (χ4n) is 1.18. The molecule has 0 aromatic carbocycles. The van der Waals surface area contributed by atoms with Crippen LogP contribution in [-0.4, -0.2) is 36.7 Å². The third-order valence-corrected chi connectivity index (χ3v) is 1.85. The molecule has 0 saturated heterocycles. The van der Waals surface area contributed by atoms with E-state index in [-0.39, 0.29) is 30.8 Å². The summed E-state index contributed by atoms with van der Waals surface area (Å²) in [5, 5.41) is 2.68. The van der Waals surface area contributed by atoms with Gasteiger partial charge in [-0.3, -0.25) is 9.59 Å². The van der Waals surface area contributed by atoms with Crippen LogP contribution < -0.4 is 5.32 Å². The number of ether oxygens (including phenoxy) is 2. The minimum atomic E-state index is -0.501. The van der Waals surface area contributed by atoms with Crippen LogP contribution in [0.3, 0.4) is 0 Å². The Morgan fingerprint density at radius 3 is 2.28 bits per heavy atom. The molecule has 0 unspecified atom stereocenters. The van der Waals surface area contributed by atoms with Crippen molar-refractivity contribution in [1.82, 2.24) is 5.32 Å². The van der Waals surface area contributed by atoms with E-state index in [1.54, 1.807) is 20.8 Å². The number of hydrogen-bond acceptors (Lipinski definition) is 4. The minimum absolute atomic E-state index is 0.105. The maximum atomic E-state index is 11.4. The lowest BCUT2D eigenvalue weighted by molar-refractivity contribution is -0.155. The molecule has 106 valence electrons. The van der Waals surface area contributed by atoms with Gasteiger partial charge < -0.3 is 14.8 Å². The standard InChI is InChI=1S/C13H25NO4/c1-10(2)17-9-8-14-11(15)6-7-12(16)18-13(3,4)5/h10H,6-9H2,1-5H3,(H,14,15). The van der Waals surface area contributed by atoms with E-state index in [4.69, 9.17) is 9.47 Å². The van der Waals surface area contributed by atoms with E-state index in [0.717, 1.165) is 0 Å². The van der Waals surface area contributed by atoms with Crippen LogP contribution in [0.15, 0.2) is 0 Å². The number of nitrogens with one attached hydrogen (secondary N) is 1.